The standard InChI is InChI=1S/C17H20N4O2S2/c1-10-8-24-16(20-10)13-14(19)21-15(25-9-12(22)23-2)11(7-18)17(13)5-3-4-6-17/h8,20H,3-6,9H2,1-2H3,(H2,19,21)/b16-13+. The van der Waals surface area contributed by atoms with Crippen LogP contribution in [0.1, 0.15) is 32.6 Å². The molecular formula is C17H20N4O2S2. The van der Waals surface area contributed by atoms with Gasteiger partial charge >= 0.3 is 5.97 Å². The number of rotatable bonds is 3. The quantitative estimate of drug-likeness (QED) is 0.730. The van der Waals surface area contributed by atoms with E-state index in [0.717, 1.165) is 42.0 Å². The number of thioether (sulfide) groups is 2. The van der Waals surface area contributed by atoms with Gasteiger partial charge in [0.05, 0.1) is 29.5 Å². The van der Waals surface area contributed by atoms with E-state index in [9.17, 15) is 10.1 Å². The maximum absolute atomic E-state index is 11.5. The molecule has 0 saturated heterocycles. The molecular weight excluding hydrogens is 356 g/mol. The maximum Gasteiger partial charge on any atom is 0.316 e. The Balaban J connectivity index is 2.06. The van der Waals surface area contributed by atoms with Gasteiger partial charge in [0.2, 0.25) is 0 Å². The lowest BCUT2D eigenvalue weighted by molar-refractivity contribution is -0.137. The van der Waals surface area contributed by atoms with E-state index in [4.69, 9.17) is 10.5 Å². The molecule has 0 aromatic rings. The third-order valence-electron chi connectivity index (χ3n) is 4.66. The third kappa shape index (κ3) is 3.18. The second-order valence-electron chi connectivity index (χ2n) is 6.19. The van der Waals surface area contributed by atoms with Crippen molar-refractivity contribution in [2.24, 2.45) is 16.1 Å². The molecule has 1 fully saturated rings. The minimum atomic E-state index is -0.410. The Morgan fingerprint density at radius 3 is 2.84 bits per heavy atom. The number of amidine groups is 1. The molecule has 0 aromatic carbocycles. The predicted octanol–water partition coefficient (Wildman–Crippen LogP) is 2.97. The van der Waals surface area contributed by atoms with Crippen LogP contribution in [-0.2, 0) is 9.53 Å². The summed E-state index contributed by atoms with van der Waals surface area (Å²) in [7, 11) is 1.35. The topological polar surface area (TPSA) is 100 Å². The number of hydrogen-bond acceptors (Lipinski definition) is 8. The number of nitrogens with two attached hydrogens (primary N) is 1. The number of esters is 1. The molecule has 0 radical (unpaired) electrons. The zero-order valence-electron chi connectivity index (χ0n) is 14.2. The number of nitrogens with one attached hydrogen (secondary N) is 1. The van der Waals surface area contributed by atoms with Crippen LogP contribution in [0.2, 0.25) is 0 Å². The van der Waals surface area contributed by atoms with Gasteiger partial charge in [-0.15, -0.1) is 0 Å². The first-order chi connectivity index (χ1) is 12.0. The molecule has 1 spiro atoms. The summed E-state index contributed by atoms with van der Waals surface area (Å²) < 4.78 is 4.69. The van der Waals surface area contributed by atoms with Gasteiger partial charge in [-0.25, -0.2) is 4.99 Å². The molecule has 3 N–H and O–H groups in total. The zero-order chi connectivity index (χ0) is 18.0. The molecule has 1 saturated carbocycles. The highest BCUT2D eigenvalue weighted by molar-refractivity contribution is 8.06. The van der Waals surface area contributed by atoms with E-state index in [1.807, 2.05) is 12.3 Å². The van der Waals surface area contributed by atoms with Gasteiger partial charge in [0.15, 0.2) is 0 Å². The summed E-state index contributed by atoms with van der Waals surface area (Å²) in [6.07, 6.45) is 3.82. The number of carbonyl (C=O) groups excluding carboxylic acids is 1. The van der Waals surface area contributed by atoms with Gasteiger partial charge in [-0.1, -0.05) is 36.4 Å². The number of methoxy groups -OCH3 is 1. The predicted molar refractivity (Wildman–Crippen MR) is 101 cm³/mol. The normalized spacial score (nSPS) is 24.7. The van der Waals surface area contributed by atoms with E-state index in [2.05, 4.69) is 16.4 Å². The Morgan fingerprint density at radius 1 is 1.56 bits per heavy atom. The summed E-state index contributed by atoms with van der Waals surface area (Å²) in [6.45, 7) is 2.00. The number of aliphatic imine (C=N–C) groups is 1. The number of carbonyl (C=O) groups is 1. The molecule has 132 valence electrons. The number of hydrogen-bond donors (Lipinski definition) is 2. The molecule has 0 aromatic heterocycles. The van der Waals surface area contributed by atoms with Crippen molar-refractivity contribution in [2.75, 3.05) is 12.9 Å². The average Bonchev–Trinajstić information content (AvgIpc) is 3.23. The molecule has 8 heteroatoms. The van der Waals surface area contributed by atoms with Gasteiger partial charge in [-0.3, -0.25) is 4.79 Å². The number of allylic oxidation sites excluding steroid dienone is 2. The lowest BCUT2D eigenvalue weighted by atomic mass is 9.71. The smallest absolute Gasteiger partial charge is 0.316 e. The van der Waals surface area contributed by atoms with Crippen LogP contribution in [-0.4, -0.2) is 24.7 Å². The molecule has 2 aliphatic heterocycles. The molecule has 0 amide bonds. The Morgan fingerprint density at radius 2 is 2.28 bits per heavy atom. The molecule has 0 atom stereocenters. The highest BCUT2D eigenvalue weighted by Crippen LogP contribution is 2.55. The van der Waals surface area contributed by atoms with Gasteiger partial charge in [0.1, 0.15) is 10.9 Å². The van der Waals surface area contributed by atoms with Crippen LogP contribution in [0, 0.1) is 16.7 Å². The largest absolute Gasteiger partial charge is 0.468 e. The molecule has 6 nitrogen and oxygen atoms in total. The molecule has 0 bridgehead atoms. The number of nitriles is 1. The molecule has 25 heavy (non-hydrogen) atoms. The summed E-state index contributed by atoms with van der Waals surface area (Å²) in [5.41, 5.74) is 8.55. The van der Waals surface area contributed by atoms with Crippen molar-refractivity contribution in [1.29, 1.82) is 5.26 Å². The van der Waals surface area contributed by atoms with Crippen LogP contribution in [0.3, 0.4) is 0 Å². The third-order valence-corrected chi connectivity index (χ3v) is 6.63. The fourth-order valence-corrected chi connectivity index (χ4v) is 5.47. The lowest BCUT2D eigenvalue weighted by Crippen LogP contribution is -2.37. The average molecular weight is 377 g/mol. The van der Waals surface area contributed by atoms with Gasteiger partial charge in [-0.2, -0.15) is 5.26 Å². The molecule has 3 aliphatic rings. The summed E-state index contributed by atoms with van der Waals surface area (Å²) in [5, 5.41) is 16.8. The number of ether oxygens (including phenoxy) is 1. The van der Waals surface area contributed by atoms with E-state index in [1.165, 1.54) is 18.9 Å². The maximum atomic E-state index is 11.5. The van der Waals surface area contributed by atoms with Crippen LogP contribution < -0.4 is 11.1 Å². The first kappa shape index (κ1) is 18.0. The van der Waals surface area contributed by atoms with Gasteiger partial charge in [0, 0.05) is 16.7 Å². The molecule has 3 rings (SSSR count). The van der Waals surface area contributed by atoms with Crippen molar-refractivity contribution in [3.63, 3.8) is 0 Å². The highest BCUT2D eigenvalue weighted by atomic mass is 32.2. The molecule has 0 unspecified atom stereocenters. The molecule has 2 heterocycles. The van der Waals surface area contributed by atoms with Crippen molar-refractivity contribution in [3.8, 4) is 6.07 Å². The minimum absolute atomic E-state index is 0.115. The second kappa shape index (κ2) is 7.18. The lowest BCUT2D eigenvalue weighted by Gasteiger charge is -2.36. The van der Waals surface area contributed by atoms with Gasteiger partial charge in [0.25, 0.3) is 0 Å². The van der Waals surface area contributed by atoms with E-state index in [-0.39, 0.29) is 11.7 Å². The first-order valence-corrected chi connectivity index (χ1v) is 9.92. The van der Waals surface area contributed by atoms with Crippen molar-refractivity contribution < 1.29 is 9.53 Å². The highest BCUT2D eigenvalue weighted by Gasteiger charge is 2.48. The van der Waals surface area contributed by atoms with Crippen LogP contribution in [0.4, 0.5) is 0 Å². The fraction of sp³-hybridized carbons (Fsp3) is 0.471. The Labute approximate surface area is 155 Å². The Bertz CT molecular complexity index is 768. The zero-order valence-corrected chi connectivity index (χ0v) is 15.9. The number of nitrogens with zero attached hydrogens (tertiary/aromatic N) is 2. The summed E-state index contributed by atoms with van der Waals surface area (Å²) in [4.78, 5) is 16.0. The van der Waals surface area contributed by atoms with E-state index >= 15 is 0 Å². The summed E-state index contributed by atoms with van der Waals surface area (Å²) >= 11 is 2.81. The molecule has 1 aliphatic carbocycles. The Kier molecular flexibility index (Phi) is 5.16. The van der Waals surface area contributed by atoms with E-state index in [0.29, 0.717) is 16.4 Å². The summed E-state index contributed by atoms with van der Waals surface area (Å²) in [5.74, 6) is 0.205. The first-order valence-electron chi connectivity index (χ1n) is 8.06. The minimum Gasteiger partial charge on any atom is -0.468 e. The van der Waals surface area contributed by atoms with E-state index in [1.54, 1.807) is 11.8 Å². The Hall–Kier alpha value is -1.85. The second-order valence-corrected chi connectivity index (χ2v) is 8.03. The van der Waals surface area contributed by atoms with Crippen molar-refractivity contribution in [2.45, 2.75) is 32.6 Å². The van der Waals surface area contributed by atoms with Gasteiger partial charge < -0.3 is 15.8 Å². The summed E-state index contributed by atoms with van der Waals surface area (Å²) in [6, 6.07) is 2.37. The van der Waals surface area contributed by atoms with E-state index < -0.39 is 5.41 Å². The van der Waals surface area contributed by atoms with Crippen LogP contribution in [0.15, 0.2) is 37.3 Å². The van der Waals surface area contributed by atoms with Crippen LogP contribution in [0.25, 0.3) is 0 Å². The van der Waals surface area contributed by atoms with Crippen molar-refractivity contribution in [3.05, 3.63) is 32.3 Å². The van der Waals surface area contributed by atoms with Crippen LogP contribution in [0.5, 0.6) is 0 Å². The van der Waals surface area contributed by atoms with Crippen molar-refractivity contribution >= 4 is 35.3 Å². The fourth-order valence-electron chi connectivity index (χ4n) is 3.56. The van der Waals surface area contributed by atoms with Crippen molar-refractivity contribution in [1.82, 2.24) is 5.32 Å². The monoisotopic (exact) mass is 376 g/mol. The van der Waals surface area contributed by atoms with Gasteiger partial charge in [-0.05, 0) is 25.2 Å². The van der Waals surface area contributed by atoms with Crippen LogP contribution >= 0.6 is 23.5 Å². The SMILES string of the molecule is COC(=O)CSC1=C(C#N)C2(CCCC2)/C(=C2\NC(C)=CS2)C(N)=N1.